The molecule has 6 nitrogen and oxygen atoms in total. The van der Waals surface area contributed by atoms with Crippen LogP contribution in [0.4, 0.5) is 0 Å². The van der Waals surface area contributed by atoms with Crippen LogP contribution < -0.4 is 0 Å². The SMILES string of the molecule is O=C1CCCN1C1CCCN(S(=O)(=O)c2ccc(Cl)nc2Cl)C1. The van der Waals surface area contributed by atoms with Gasteiger partial charge in [-0.05, 0) is 31.4 Å². The Bertz CT molecular complexity index is 726. The molecule has 2 aliphatic heterocycles. The van der Waals surface area contributed by atoms with Crippen molar-refractivity contribution in [2.24, 2.45) is 0 Å². The highest BCUT2D eigenvalue weighted by atomic mass is 35.5. The van der Waals surface area contributed by atoms with Gasteiger partial charge in [0.25, 0.3) is 0 Å². The maximum absolute atomic E-state index is 12.8. The molecule has 2 fully saturated rings. The first kappa shape index (κ1) is 17.0. The van der Waals surface area contributed by atoms with E-state index in [0.717, 1.165) is 12.8 Å². The van der Waals surface area contributed by atoms with E-state index in [1.165, 1.54) is 16.4 Å². The number of piperidine rings is 1. The summed E-state index contributed by atoms with van der Waals surface area (Å²) in [7, 11) is -3.75. The van der Waals surface area contributed by atoms with Crippen LogP contribution in [-0.2, 0) is 14.8 Å². The largest absolute Gasteiger partial charge is 0.338 e. The van der Waals surface area contributed by atoms with E-state index in [0.29, 0.717) is 32.5 Å². The Morgan fingerprint density at radius 3 is 2.61 bits per heavy atom. The highest BCUT2D eigenvalue weighted by Gasteiger charge is 2.36. The van der Waals surface area contributed by atoms with Crippen LogP contribution in [0, 0.1) is 0 Å². The van der Waals surface area contributed by atoms with Crippen LogP contribution >= 0.6 is 23.2 Å². The van der Waals surface area contributed by atoms with Crippen LogP contribution in [0.5, 0.6) is 0 Å². The average molecular weight is 378 g/mol. The average Bonchev–Trinajstić information content (AvgIpc) is 2.93. The summed E-state index contributed by atoms with van der Waals surface area (Å²) in [4.78, 5) is 17.5. The number of hydrogen-bond donors (Lipinski definition) is 0. The zero-order valence-electron chi connectivity index (χ0n) is 12.4. The summed E-state index contributed by atoms with van der Waals surface area (Å²) in [6.45, 7) is 1.42. The molecule has 9 heteroatoms. The van der Waals surface area contributed by atoms with E-state index in [2.05, 4.69) is 4.98 Å². The number of nitrogens with zero attached hydrogens (tertiary/aromatic N) is 3. The number of halogens is 2. The van der Waals surface area contributed by atoms with Gasteiger partial charge in [0, 0.05) is 32.1 Å². The fourth-order valence-corrected chi connectivity index (χ4v) is 5.33. The van der Waals surface area contributed by atoms with E-state index in [1.54, 1.807) is 0 Å². The topological polar surface area (TPSA) is 70.6 Å². The molecule has 0 radical (unpaired) electrons. The molecule has 2 aliphatic rings. The van der Waals surface area contributed by atoms with E-state index < -0.39 is 10.0 Å². The second kappa shape index (κ2) is 6.55. The molecule has 1 aromatic rings. The van der Waals surface area contributed by atoms with Gasteiger partial charge in [0.15, 0.2) is 5.15 Å². The number of hydrogen-bond acceptors (Lipinski definition) is 4. The lowest BCUT2D eigenvalue weighted by molar-refractivity contribution is -0.130. The van der Waals surface area contributed by atoms with Gasteiger partial charge in [-0.25, -0.2) is 13.4 Å². The first-order valence-electron chi connectivity index (χ1n) is 7.51. The lowest BCUT2D eigenvalue weighted by atomic mass is 10.1. The first-order valence-corrected chi connectivity index (χ1v) is 9.71. The van der Waals surface area contributed by atoms with Gasteiger partial charge in [0.05, 0.1) is 0 Å². The summed E-state index contributed by atoms with van der Waals surface area (Å²) >= 11 is 11.7. The molecule has 0 saturated carbocycles. The molecule has 1 aromatic heterocycles. The number of sulfonamides is 1. The molecule has 0 bridgehead atoms. The van der Waals surface area contributed by atoms with Gasteiger partial charge in [-0.15, -0.1) is 0 Å². The van der Waals surface area contributed by atoms with Crippen LogP contribution in [0.2, 0.25) is 10.3 Å². The van der Waals surface area contributed by atoms with Crippen LogP contribution in [0.3, 0.4) is 0 Å². The van der Waals surface area contributed by atoms with Gasteiger partial charge in [0.2, 0.25) is 15.9 Å². The second-order valence-corrected chi connectivity index (χ2v) is 8.42. The van der Waals surface area contributed by atoms with Gasteiger partial charge in [-0.3, -0.25) is 4.79 Å². The van der Waals surface area contributed by atoms with Crippen molar-refractivity contribution >= 4 is 39.1 Å². The molecule has 2 saturated heterocycles. The number of carbonyl (C=O) groups is 1. The van der Waals surface area contributed by atoms with Crippen molar-refractivity contribution in [2.45, 2.75) is 36.6 Å². The molecule has 126 valence electrons. The van der Waals surface area contributed by atoms with Gasteiger partial charge in [0.1, 0.15) is 10.0 Å². The van der Waals surface area contributed by atoms with Crippen molar-refractivity contribution in [1.82, 2.24) is 14.2 Å². The predicted molar refractivity (Wildman–Crippen MR) is 87.0 cm³/mol. The van der Waals surface area contributed by atoms with Crippen molar-refractivity contribution in [1.29, 1.82) is 0 Å². The fraction of sp³-hybridized carbons (Fsp3) is 0.571. The molecular weight excluding hydrogens is 361 g/mol. The van der Waals surface area contributed by atoms with Gasteiger partial charge in [-0.2, -0.15) is 4.31 Å². The third kappa shape index (κ3) is 3.33. The zero-order valence-corrected chi connectivity index (χ0v) is 14.7. The van der Waals surface area contributed by atoms with Gasteiger partial charge >= 0.3 is 0 Å². The third-order valence-electron chi connectivity index (χ3n) is 4.31. The van der Waals surface area contributed by atoms with Gasteiger partial charge in [-0.1, -0.05) is 23.2 Å². The molecule has 0 aromatic carbocycles. The van der Waals surface area contributed by atoms with E-state index in [9.17, 15) is 13.2 Å². The number of amides is 1. The van der Waals surface area contributed by atoms with Crippen molar-refractivity contribution in [3.63, 3.8) is 0 Å². The van der Waals surface area contributed by atoms with Crippen LogP contribution in [0.15, 0.2) is 17.0 Å². The van der Waals surface area contributed by atoms with Gasteiger partial charge < -0.3 is 4.90 Å². The van der Waals surface area contributed by atoms with E-state index in [4.69, 9.17) is 23.2 Å². The molecule has 0 N–H and O–H groups in total. The Balaban J connectivity index is 1.83. The van der Waals surface area contributed by atoms with Crippen LogP contribution in [0.25, 0.3) is 0 Å². The summed E-state index contributed by atoms with van der Waals surface area (Å²) in [6.07, 6.45) is 2.93. The van der Waals surface area contributed by atoms with Crippen LogP contribution in [0.1, 0.15) is 25.7 Å². The Kier molecular flexibility index (Phi) is 4.83. The predicted octanol–water partition coefficient (Wildman–Crippen LogP) is 2.16. The maximum Gasteiger partial charge on any atom is 0.246 e. The summed E-state index contributed by atoms with van der Waals surface area (Å²) in [5.41, 5.74) is 0. The summed E-state index contributed by atoms with van der Waals surface area (Å²) in [5.74, 6) is 0.112. The highest BCUT2D eigenvalue weighted by Crippen LogP contribution is 2.29. The van der Waals surface area contributed by atoms with Crippen molar-refractivity contribution in [2.75, 3.05) is 19.6 Å². The maximum atomic E-state index is 12.8. The van der Waals surface area contributed by atoms with E-state index >= 15 is 0 Å². The smallest absolute Gasteiger partial charge is 0.246 e. The lowest BCUT2D eigenvalue weighted by Gasteiger charge is -2.36. The van der Waals surface area contributed by atoms with Crippen LogP contribution in [-0.4, -0.2) is 54.2 Å². The van der Waals surface area contributed by atoms with E-state index in [1.807, 2.05) is 4.90 Å². The Labute approximate surface area is 145 Å². The molecule has 23 heavy (non-hydrogen) atoms. The highest BCUT2D eigenvalue weighted by molar-refractivity contribution is 7.89. The second-order valence-electron chi connectivity index (χ2n) is 5.77. The number of aromatic nitrogens is 1. The normalized spacial score (nSPS) is 23.5. The summed E-state index contributed by atoms with van der Waals surface area (Å²) in [5, 5.41) is 0.0185. The zero-order chi connectivity index (χ0) is 16.6. The standard InChI is InChI=1S/C14H17Cl2N3O3S/c15-12-6-5-11(14(16)17-12)23(21,22)18-7-1-3-10(9-18)19-8-2-4-13(19)20/h5-6,10H,1-4,7-9H2. The molecule has 1 amide bonds. The molecule has 3 rings (SSSR count). The molecular formula is C14H17Cl2N3O3S. The summed E-state index contributed by atoms with van der Waals surface area (Å²) in [6, 6.07) is 2.72. The molecule has 3 heterocycles. The Morgan fingerprint density at radius 1 is 1.17 bits per heavy atom. The minimum absolute atomic E-state index is 0.0445. The van der Waals surface area contributed by atoms with Crippen molar-refractivity contribution < 1.29 is 13.2 Å². The molecule has 1 atom stereocenters. The van der Waals surface area contributed by atoms with Crippen molar-refractivity contribution in [3.8, 4) is 0 Å². The van der Waals surface area contributed by atoms with E-state index in [-0.39, 0.29) is 27.2 Å². The number of likely N-dealkylation sites (tertiary alicyclic amines) is 1. The molecule has 0 aliphatic carbocycles. The molecule has 0 spiro atoms. The minimum atomic E-state index is -3.75. The third-order valence-corrected chi connectivity index (χ3v) is 6.82. The molecule has 1 unspecified atom stereocenters. The Hall–Kier alpha value is -0.890. The fourth-order valence-electron chi connectivity index (χ4n) is 3.18. The van der Waals surface area contributed by atoms with Crippen molar-refractivity contribution in [3.05, 3.63) is 22.4 Å². The first-order chi connectivity index (χ1) is 10.9. The monoisotopic (exact) mass is 377 g/mol. The number of carbonyl (C=O) groups excluding carboxylic acids is 1. The summed E-state index contributed by atoms with van der Waals surface area (Å²) < 4.78 is 27.0. The quantitative estimate of drug-likeness (QED) is 0.756. The number of rotatable bonds is 3. The number of pyridine rings is 1. The lowest BCUT2D eigenvalue weighted by Crippen LogP contribution is -2.50. The Morgan fingerprint density at radius 2 is 1.96 bits per heavy atom. The minimum Gasteiger partial charge on any atom is -0.338 e.